The van der Waals surface area contributed by atoms with E-state index in [9.17, 15) is 4.79 Å². The molecule has 0 atom stereocenters. The van der Waals surface area contributed by atoms with Crippen LogP contribution in [0.5, 0.6) is 0 Å². The quantitative estimate of drug-likeness (QED) is 0.521. The number of hydrogen-bond donors (Lipinski definition) is 1. The van der Waals surface area contributed by atoms with Crippen molar-refractivity contribution >= 4 is 70.1 Å². The van der Waals surface area contributed by atoms with E-state index < -0.39 is 5.97 Å². The lowest BCUT2D eigenvalue weighted by Gasteiger charge is -1.88. The van der Waals surface area contributed by atoms with Gasteiger partial charge in [-0.25, -0.2) is 4.79 Å². The van der Waals surface area contributed by atoms with Crippen LogP contribution in [0.25, 0.3) is 28.6 Å². The molecule has 0 fully saturated rings. The first kappa shape index (κ1) is 11.6. The largest absolute Gasteiger partial charge is 0.477 e. The summed E-state index contributed by atoms with van der Waals surface area (Å²) in [6, 6.07) is 7.91. The molecular formula is C13H6O2S4. The summed E-state index contributed by atoms with van der Waals surface area (Å²) < 4.78 is 5.32. The van der Waals surface area contributed by atoms with Crippen LogP contribution >= 0.6 is 45.3 Å². The predicted octanol–water partition coefficient (Wildman–Crippen LogP) is 5.60. The lowest BCUT2D eigenvalue weighted by atomic mass is 10.3. The average Bonchev–Trinajstić information content (AvgIpc) is 3.08. The van der Waals surface area contributed by atoms with Crippen LogP contribution in [-0.2, 0) is 0 Å². The van der Waals surface area contributed by atoms with Crippen molar-refractivity contribution in [2.24, 2.45) is 0 Å². The lowest BCUT2D eigenvalue weighted by molar-refractivity contribution is 0.0702. The molecule has 0 saturated carbocycles. The van der Waals surface area contributed by atoms with Crippen LogP contribution in [-0.4, -0.2) is 11.1 Å². The van der Waals surface area contributed by atoms with Gasteiger partial charge in [0.1, 0.15) is 4.88 Å². The number of fused-ring (bicyclic) bond motifs is 3. The molecule has 19 heavy (non-hydrogen) atoms. The van der Waals surface area contributed by atoms with Crippen molar-refractivity contribution < 1.29 is 9.90 Å². The Morgan fingerprint density at radius 1 is 0.947 bits per heavy atom. The van der Waals surface area contributed by atoms with Crippen molar-refractivity contribution in [3.8, 4) is 9.75 Å². The molecule has 0 bridgehead atoms. The molecule has 4 aromatic heterocycles. The molecule has 6 heteroatoms. The summed E-state index contributed by atoms with van der Waals surface area (Å²) in [5, 5.41) is 11.1. The molecule has 4 heterocycles. The van der Waals surface area contributed by atoms with Gasteiger partial charge in [0.2, 0.25) is 0 Å². The van der Waals surface area contributed by atoms with Crippen molar-refractivity contribution in [3.05, 3.63) is 34.5 Å². The molecule has 2 nitrogen and oxygen atoms in total. The van der Waals surface area contributed by atoms with Gasteiger partial charge in [-0.05, 0) is 29.6 Å². The number of rotatable bonds is 2. The highest BCUT2D eigenvalue weighted by atomic mass is 32.1. The Hall–Kier alpha value is -1.21. The fraction of sp³-hybridized carbons (Fsp3) is 0. The maximum Gasteiger partial charge on any atom is 0.345 e. The highest BCUT2D eigenvalue weighted by Gasteiger charge is 2.14. The van der Waals surface area contributed by atoms with Crippen LogP contribution in [0.4, 0.5) is 0 Å². The zero-order chi connectivity index (χ0) is 13.0. The minimum atomic E-state index is -0.852. The van der Waals surface area contributed by atoms with Crippen molar-refractivity contribution in [1.82, 2.24) is 0 Å². The van der Waals surface area contributed by atoms with Crippen LogP contribution in [0.2, 0.25) is 0 Å². The molecule has 94 valence electrons. The Morgan fingerprint density at radius 2 is 1.84 bits per heavy atom. The smallest absolute Gasteiger partial charge is 0.345 e. The van der Waals surface area contributed by atoms with Gasteiger partial charge in [-0.15, -0.1) is 45.3 Å². The Labute approximate surface area is 124 Å². The summed E-state index contributed by atoms with van der Waals surface area (Å²) in [5.41, 5.74) is 0. The van der Waals surface area contributed by atoms with Crippen molar-refractivity contribution in [2.75, 3.05) is 0 Å². The van der Waals surface area contributed by atoms with Gasteiger partial charge in [0, 0.05) is 19.2 Å². The Morgan fingerprint density at radius 3 is 2.63 bits per heavy atom. The molecule has 4 rings (SSSR count). The summed E-state index contributed by atoms with van der Waals surface area (Å²) in [7, 11) is 0. The van der Waals surface area contributed by atoms with Crippen LogP contribution in [0, 0.1) is 0 Å². The second kappa shape index (κ2) is 4.14. The molecule has 1 N–H and O–H groups in total. The summed E-state index contributed by atoms with van der Waals surface area (Å²) in [6.45, 7) is 0. The van der Waals surface area contributed by atoms with Gasteiger partial charge in [0.05, 0.1) is 9.40 Å². The highest BCUT2D eigenvalue weighted by Crippen LogP contribution is 2.45. The summed E-state index contributed by atoms with van der Waals surface area (Å²) >= 11 is 6.67. The fourth-order valence-corrected chi connectivity index (χ4v) is 6.67. The topological polar surface area (TPSA) is 37.3 Å². The van der Waals surface area contributed by atoms with Gasteiger partial charge in [0.15, 0.2) is 0 Å². The van der Waals surface area contributed by atoms with Gasteiger partial charge >= 0.3 is 5.97 Å². The van der Waals surface area contributed by atoms with E-state index in [0.717, 1.165) is 9.75 Å². The second-order valence-electron chi connectivity index (χ2n) is 3.99. The van der Waals surface area contributed by atoms with Gasteiger partial charge in [-0.1, -0.05) is 0 Å². The maximum absolute atomic E-state index is 10.9. The number of carboxylic acid groups (broad SMARTS) is 1. The first-order chi connectivity index (χ1) is 9.22. The monoisotopic (exact) mass is 322 g/mol. The number of thiophene rings is 4. The second-order valence-corrected chi connectivity index (χ2v) is 8.12. The van der Waals surface area contributed by atoms with Crippen molar-refractivity contribution in [3.63, 3.8) is 0 Å². The molecule has 0 aliphatic carbocycles. The number of aromatic carboxylic acids is 1. The first-order valence-electron chi connectivity index (χ1n) is 5.45. The molecule has 4 aromatic rings. The average molecular weight is 322 g/mol. The number of carboxylic acids is 1. The SMILES string of the molecule is O=C(O)c1ccc(-c2cc3sc4ccsc4c3s2)s1. The minimum absolute atomic E-state index is 0.396. The van der Waals surface area contributed by atoms with Crippen LogP contribution < -0.4 is 0 Å². The van der Waals surface area contributed by atoms with E-state index in [1.54, 1.807) is 40.1 Å². The summed E-state index contributed by atoms with van der Waals surface area (Å²) in [4.78, 5) is 13.5. The summed E-state index contributed by atoms with van der Waals surface area (Å²) in [6.07, 6.45) is 0. The van der Waals surface area contributed by atoms with Gasteiger partial charge < -0.3 is 5.11 Å². The van der Waals surface area contributed by atoms with Crippen molar-refractivity contribution in [1.29, 1.82) is 0 Å². The molecule has 0 spiro atoms. The van der Waals surface area contributed by atoms with Crippen molar-refractivity contribution in [2.45, 2.75) is 0 Å². The van der Waals surface area contributed by atoms with Crippen LogP contribution in [0.3, 0.4) is 0 Å². The van der Waals surface area contributed by atoms with Gasteiger partial charge in [0.25, 0.3) is 0 Å². The molecule has 0 unspecified atom stereocenters. The van der Waals surface area contributed by atoms with Crippen LogP contribution in [0.1, 0.15) is 9.67 Å². The molecule has 0 amide bonds. The third-order valence-corrected chi connectivity index (χ3v) is 7.66. The zero-order valence-electron chi connectivity index (χ0n) is 9.38. The third kappa shape index (κ3) is 1.75. The molecule has 0 saturated heterocycles. The van der Waals surface area contributed by atoms with Gasteiger partial charge in [-0.2, -0.15) is 0 Å². The Kier molecular flexibility index (Phi) is 2.53. The molecule has 0 aromatic carbocycles. The van der Waals surface area contributed by atoms with E-state index in [-0.39, 0.29) is 0 Å². The maximum atomic E-state index is 10.9. The van der Waals surface area contributed by atoms with E-state index in [4.69, 9.17) is 5.11 Å². The summed E-state index contributed by atoms with van der Waals surface area (Å²) in [5.74, 6) is -0.852. The minimum Gasteiger partial charge on any atom is -0.477 e. The normalized spacial score (nSPS) is 11.6. The molecule has 0 aliphatic heterocycles. The highest BCUT2D eigenvalue weighted by molar-refractivity contribution is 7.39. The molecular weight excluding hydrogens is 316 g/mol. The lowest BCUT2D eigenvalue weighted by Crippen LogP contribution is -1.89. The molecule has 0 aliphatic rings. The number of carbonyl (C=O) groups is 1. The first-order valence-corrected chi connectivity index (χ1v) is 8.78. The van der Waals surface area contributed by atoms with E-state index in [0.29, 0.717) is 4.88 Å². The van der Waals surface area contributed by atoms with Crippen LogP contribution in [0.15, 0.2) is 29.6 Å². The van der Waals surface area contributed by atoms with E-state index in [2.05, 4.69) is 17.5 Å². The van der Waals surface area contributed by atoms with E-state index in [1.165, 1.54) is 30.1 Å². The van der Waals surface area contributed by atoms with E-state index >= 15 is 0 Å². The van der Waals surface area contributed by atoms with E-state index in [1.807, 2.05) is 6.07 Å². The Bertz CT molecular complexity index is 906. The predicted molar refractivity (Wildman–Crippen MR) is 85.4 cm³/mol. The third-order valence-electron chi connectivity index (χ3n) is 2.81. The zero-order valence-corrected chi connectivity index (χ0v) is 12.6. The Balaban J connectivity index is 1.89. The fourth-order valence-electron chi connectivity index (χ4n) is 1.98. The number of hydrogen-bond acceptors (Lipinski definition) is 5. The van der Waals surface area contributed by atoms with Gasteiger partial charge in [-0.3, -0.25) is 0 Å². The molecule has 0 radical (unpaired) electrons. The standard InChI is InChI=1S/C13H6O2S4/c14-13(15)8-2-1-6(17-8)9-5-10-12(19-9)11-7(18-10)3-4-16-11/h1-5H,(H,14,15).